The summed E-state index contributed by atoms with van der Waals surface area (Å²) < 4.78 is 1.56. The normalized spacial score (nSPS) is 10.4. The van der Waals surface area contributed by atoms with Crippen molar-refractivity contribution in [1.29, 1.82) is 0 Å². The molecular weight excluding hydrogens is 300 g/mol. The molecule has 1 aromatic heterocycles. The Kier molecular flexibility index (Phi) is 4.57. The maximum atomic E-state index is 12.4. The summed E-state index contributed by atoms with van der Waals surface area (Å²) in [6, 6.07) is 20.1. The molecule has 0 aliphatic rings. The number of carbonyl (C=O) groups excluding carboxylic acids is 1. The van der Waals surface area contributed by atoms with Crippen LogP contribution in [0.5, 0.6) is 0 Å². The molecule has 120 valence electrons. The van der Waals surface area contributed by atoms with Gasteiger partial charge in [0.25, 0.3) is 11.5 Å². The molecule has 1 N–H and O–H groups in total. The van der Waals surface area contributed by atoms with Crippen LogP contribution in [0.4, 0.5) is 5.69 Å². The van der Waals surface area contributed by atoms with Gasteiger partial charge in [0.2, 0.25) is 0 Å². The van der Waals surface area contributed by atoms with Crippen molar-refractivity contribution >= 4 is 11.6 Å². The average Bonchev–Trinajstić information content (AvgIpc) is 2.59. The van der Waals surface area contributed by atoms with Crippen molar-refractivity contribution in [2.45, 2.75) is 13.5 Å². The van der Waals surface area contributed by atoms with E-state index in [9.17, 15) is 9.59 Å². The number of amides is 1. The predicted molar refractivity (Wildman–Crippen MR) is 95.4 cm³/mol. The van der Waals surface area contributed by atoms with Gasteiger partial charge < -0.3 is 9.88 Å². The highest BCUT2D eigenvalue weighted by Crippen LogP contribution is 2.10. The van der Waals surface area contributed by atoms with E-state index in [2.05, 4.69) is 5.32 Å². The lowest BCUT2D eigenvalue weighted by molar-refractivity contribution is 0.102. The van der Waals surface area contributed by atoms with E-state index >= 15 is 0 Å². The zero-order valence-corrected chi connectivity index (χ0v) is 13.4. The van der Waals surface area contributed by atoms with E-state index < -0.39 is 0 Å². The minimum absolute atomic E-state index is 0.130. The van der Waals surface area contributed by atoms with E-state index in [-0.39, 0.29) is 11.5 Å². The molecule has 0 saturated carbocycles. The van der Waals surface area contributed by atoms with Gasteiger partial charge >= 0.3 is 0 Å². The minimum atomic E-state index is -0.236. The Morgan fingerprint density at radius 2 is 1.67 bits per heavy atom. The first-order chi connectivity index (χ1) is 11.6. The number of rotatable bonds is 4. The van der Waals surface area contributed by atoms with Gasteiger partial charge in [-0.05, 0) is 36.2 Å². The number of carbonyl (C=O) groups is 1. The first-order valence-electron chi connectivity index (χ1n) is 7.75. The summed E-state index contributed by atoms with van der Waals surface area (Å²) in [4.78, 5) is 24.5. The lowest BCUT2D eigenvalue weighted by Crippen LogP contribution is -2.22. The molecule has 0 aliphatic heterocycles. The van der Waals surface area contributed by atoms with Crippen LogP contribution in [0.2, 0.25) is 0 Å². The first kappa shape index (κ1) is 15.7. The van der Waals surface area contributed by atoms with Crippen molar-refractivity contribution in [2.75, 3.05) is 5.32 Å². The van der Waals surface area contributed by atoms with Crippen LogP contribution in [0.25, 0.3) is 0 Å². The second-order valence-corrected chi connectivity index (χ2v) is 5.63. The summed E-state index contributed by atoms with van der Waals surface area (Å²) in [7, 11) is 0. The molecule has 1 amide bonds. The number of nitrogens with one attached hydrogen (secondary N) is 1. The van der Waals surface area contributed by atoms with Gasteiger partial charge in [0.05, 0.1) is 12.1 Å². The first-order valence-corrected chi connectivity index (χ1v) is 7.75. The molecule has 24 heavy (non-hydrogen) atoms. The largest absolute Gasteiger partial charge is 0.322 e. The number of para-hydroxylation sites is 1. The topological polar surface area (TPSA) is 51.1 Å². The quantitative estimate of drug-likeness (QED) is 0.801. The van der Waals surface area contributed by atoms with Crippen molar-refractivity contribution < 1.29 is 4.79 Å². The third-order valence-electron chi connectivity index (χ3n) is 3.88. The van der Waals surface area contributed by atoms with Gasteiger partial charge in [-0.3, -0.25) is 9.59 Å². The van der Waals surface area contributed by atoms with E-state index in [0.29, 0.717) is 12.1 Å². The van der Waals surface area contributed by atoms with Crippen LogP contribution in [0, 0.1) is 6.92 Å². The highest BCUT2D eigenvalue weighted by Gasteiger charge is 2.09. The number of hydrogen-bond donors (Lipinski definition) is 1. The van der Waals surface area contributed by atoms with Gasteiger partial charge in [0, 0.05) is 18.0 Å². The number of aryl methyl sites for hydroxylation is 1. The lowest BCUT2D eigenvalue weighted by Gasteiger charge is -2.11. The molecule has 0 aliphatic carbocycles. The summed E-state index contributed by atoms with van der Waals surface area (Å²) in [5.41, 5.74) is 3.21. The fraction of sp³-hybridized carbons (Fsp3) is 0.100. The Balaban J connectivity index is 1.85. The maximum absolute atomic E-state index is 12.4. The van der Waals surface area contributed by atoms with E-state index in [1.54, 1.807) is 16.8 Å². The average molecular weight is 318 g/mol. The molecule has 0 unspecified atom stereocenters. The summed E-state index contributed by atoms with van der Waals surface area (Å²) in [5, 5.41) is 2.83. The molecule has 2 aromatic carbocycles. The standard InChI is InChI=1S/C20H18N2O2/c1-15-7-5-6-8-16(15)13-22-14-17(11-12-19(22)23)20(24)21-18-9-3-2-4-10-18/h2-12,14H,13H2,1H3,(H,21,24). The van der Waals surface area contributed by atoms with E-state index in [4.69, 9.17) is 0 Å². The zero-order chi connectivity index (χ0) is 16.9. The molecule has 0 fully saturated rings. The van der Waals surface area contributed by atoms with Crippen LogP contribution in [0.3, 0.4) is 0 Å². The van der Waals surface area contributed by atoms with Crippen molar-refractivity contribution in [3.8, 4) is 0 Å². The molecular formula is C20H18N2O2. The summed E-state index contributed by atoms with van der Waals surface area (Å²) in [6.07, 6.45) is 1.60. The highest BCUT2D eigenvalue weighted by atomic mass is 16.2. The fourth-order valence-corrected chi connectivity index (χ4v) is 2.48. The number of nitrogens with zero attached hydrogens (tertiary/aromatic N) is 1. The highest BCUT2D eigenvalue weighted by molar-refractivity contribution is 6.04. The smallest absolute Gasteiger partial charge is 0.257 e. The van der Waals surface area contributed by atoms with E-state index in [0.717, 1.165) is 16.8 Å². The molecule has 1 heterocycles. The van der Waals surface area contributed by atoms with Crippen LogP contribution < -0.4 is 10.9 Å². The van der Waals surface area contributed by atoms with Crippen LogP contribution in [-0.4, -0.2) is 10.5 Å². The number of benzene rings is 2. The predicted octanol–water partition coefficient (Wildman–Crippen LogP) is 3.46. The summed E-state index contributed by atoms with van der Waals surface area (Å²) in [5.74, 6) is -0.236. The van der Waals surface area contributed by atoms with Crippen molar-refractivity contribution in [2.24, 2.45) is 0 Å². The molecule has 0 spiro atoms. The lowest BCUT2D eigenvalue weighted by atomic mass is 10.1. The third-order valence-corrected chi connectivity index (χ3v) is 3.88. The van der Waals surface area contributed by atoms with Gasteiger partial charge in [-0.1, -0.05) is 42.5 Å². The molecule has 0 saturated heterocycles. The van der Waals surface area contributed by atoms with Crippen LogP contribution in [0.15, 0.2) is 77.7 Å². The molecule has 4 heteroatoms. The van der Waals surface area contributed by atoms with Gasteiger partial charge in [-0.25, -0.2) is 0 Å². The monoisotopic (exact) mass is 318 g/mol. The molecule has 0 bridgehead atoms. The Morgan fingerprint density at radius 1 is 0.958 bits per heavy atom. The van der Waals surface area contributed by atoms with Gasteiger partial charge in [-0.15, -0.1) is 0 Å². The van der Waals surface area contributed by atoms with Gasteiger partial charge in [0.1, 0.15) is 0 Å². The minimum Gasteiger partial charge on any atom is -0.322 e. The summed E-state index contributed by atoms with van der Waals surface area (Å²) >= 11 is 0. The number of pyridine rings is 1. The van der Waals surface area contributed by atoms with Gasteiger partial charge in [0.15, 0.2) is 0 Å². The van der Waals surface area contributed by atoms with E-state index in [1.165, 1.54) is 6.07 Å². The molecule has 0 atom stereocenters. The number of anilines is 1. The second kappa shape index (κ2) is 6.96. The zero-order valence-electron chi connectivity index (χ0n) is 13.4. The fourth-order valence-electron chi connectivity index (χ4n) is 2.48. The molecule has 0 radical (unpaired) electrons. The maximum Gasteiger partial charge on any atom is 0.257 e. The van der Waals surface area contributed by atoms with E-state index in [1.807, 2.05) is 61.5 Å². The van der Waals surface area contributed by atoms with Crippen LogP contribution >= 0.6 is 0 Å². The molecule has 4 nitrogen and oxygen atoms in total. The Hall–Kier alpha value is -3.14. The number of aromatic nitrogens is 1. The summed E-state index contributed by atoms with van der Waals surface area (Å²) in [6.45, 7) is 2.45. The third kappa shape index (κ3) is 3.60. The van der Waals surface area contributed by atoms with Crippen molar-refractivity contribution in [3.63, 3.8) is 0 Å². The molecule has 3 rings (SSSR count). The second-order valence-electron chi connectivity index (χ2n) is 5.63. The Bertz CT molecular complexity index is 914. The van der Waals surface area contributed by atoms with Crippen LogP contribution in [0.1, 0.15) is 21.5 Å². The Morgan fingerprint density at radius 3 is 2.42 bits per heavy atom. The van der Waals surface area contributed by atoms with Crippen molar-refractivity contribution in [1.82, 2.24) is 4.57 Å². The number of hydrogen-bond acceptors (Lipinski definition) is 2. The van der Waals surface area contributed by atoms with Gasteiger partial charge in [-0.2, -0.15) is 0 Å². The van der Waals surface area contributed by atoms with Crippen LogP contribution in [-0.2, 0) is 6.54 Å². The Labute approximate surface area is 140 Å². The van der Waals surface area contributed by atoms with Crippen molar-refractivity contribution in [3.05, 3.63) is 100.0 Å². The molecule has 3 aromatic rings. The SMILES string of the molecule is Cc1ccccc1Cn1cc(C(=O)Nc2ccccc2)ccc1=O.